The highest BCUT2D eigenvalue weighted by molar-refractivity contribution is 4.98. The van der Waals surface area contributed by atoms with Gasteiger partial charge >= 0.3 is 0 Å². The zero-order valence-electron chi connectivity index (χ0n) is 15.6. The molecule has 0 bridgehead atoms. The summed E-state index contributed by atoms with van der Waals surface area (Å²) in [5.41, 5.74) is 1.16. The number of ether oxygens (including phenoxy) is 1. The Morgan fingerprint density at radius 2 is 1.05 bits per heavy atom. The molecule has 21 heavy (non-hydrogen) atoms. The van der Waals surface area contributed by atoms with Gasteiger partial charge in [0, 0.05) is 11.1 Å². The van der Waals surface area contributed by atoms with E-state index in [-0.39, 0.29) is 11.1 Å². The minimum atomic E-state index is 0.173. The third-order valence-corrected chi connectivity index (χ3v) is 5.06. The van der Waals surface area contributed by atoms with Crippen molar-refractivity contribution in [1.82, 2.24) is 5.32 Å². The Morgan fingerprint density at radius 1 is 0.667 bits per heavy atom. The maximum absolute atomic E-state index is 6.63. The van der Waals surface area contributed by atoms with Gasteiger partial charge in [0.2, 0.25) is 0 Å². The van der Waals surface area contributed by atoms with E-state index in [1.807, 2.05) is 0 Å². The van der Waals surface area contributed by atoms with Gasteiger partial charge in [0.1, 0.15) is 0 Å². The molecule has 0 aromatic heterocycles. The Morgan fingerprint density at radius 3 is 1.48 bits per heavy atom. The summed E-state index contributed by atoms with van der Waals surface area (Å²) < 4.78 is 6.63. The number of piperidine rings is 1. The van der Waals surface area contributed by atoms with Crippen LogP contribution in [0.15, 0.2) is 0 Å². The van der Waals surface area contributed by atoms with Crippen LogP contribution in [0.4, 0.5) is 0 Å². The number of rotatable bonds is 2. The van der Waals surface area contributed by atoms with Crippen molar-refractivity contribution in [3.63, 3.8) is 0 Å². The number of hydrogen-bond acceptors (Lipinski definition) is 2. The molecule has 0 aromatic carbocycles. The molecule has 124 valence electrons. The first-order chi connectivity index (χ1) is 9.28. The van der Waals surface area contributed by atoms with Crippen LogP contribution in [0.1, 0.15) is 87.5 Å². The lowest BCUT2D eigenvalue weighted by Gasteiger charge is -2.49. The van der Waals surface area contributed by atoms with E-state index in [1.165, 1.54) is 19.3 Å². The molecule has 1 N–H and O–H groups in total. The predicted molar refractivity (Wildman–Crippen MR) is 90.6 cm³/mol. The van der Waals surface area contributed by atoms with Crippen molar-refractivity contribution in [2.75, 3.05) is 0 Å². The third kappa shape index (κ3) is 4.96. The van der Waals surface area contributed by atoms with Crippen LogP contribution in [0.5, 0.6) is 0 Å². The fraction of sp³-hybridized carbons (Fsp3) is 1.00. The molecule has 0 unspecified atom stereocenters. The fourth-order valence-corrected chi connectivity index (χ4v) is 5.44. The molecule has 2 heteroatoms. The van der Waals surface area contributed by atoms with Gasteiger partial charge in [-0.25, -0.2) is 0 Å². The zero-order chi connectivity index (χ0) is 16.1. The van der Waals surface area contributed by atoms with Gasteiger partial charge in [0.15, 0.2) is 0 Å². The van der Waals surface area contributed by atoms with Crippen LogP contribution in [0.25, 0.3) is 0 Å². The Kier molecular flexibility index (Phi) is 4.30. The second kappa shape index (κ2) is 5.23. The van der Waals surface area contributed by atoms with Gasteiger partial charge in [-0.05, 0) is 70.6 Å². The van der Waals surface area contributed by atoms with Crippen molar-refractivity contribution in [3.8, 4) is 0 Å². The smallest absolute Gasteiger partial charge is 0.0613 e. The van der Waals surface area contributed by atoms with Gasteiger partial charge in [-0.3, -0.25) is 0 Å². The highest BCUT2D eigenvalue weighted by atomic mass is 16.5. The van der Waals surface area contributed by atoms with Crippen molar-refractivity contribution < 1.29 is 4.74 Å². The van der Waals surface area contributed by atoms with Gasteiger partial charge in [0.25, 0.3) is 0 Å². The van der Waals surface area contributed by atoms with Crippen molar-refractivity contribution in [3.05, 3.63) is 0 Å². The Balaban J connectivity index is 2.03. The second-order valence-electron chi connectivity index (χ2n) is 10.6. The molecule has 1 aliphatic heterocycles. The molecule has 2 aliphatic rings. The van der Waals surface area contributed by atoms with Gasteiger partial charge in [-0.1, -0.05) is 27.7 Å². The summed E-state index contributed by atoms with van der Waals surface area (Å²) in [6.45, 7) is 18.8. The molecule has 2 nitrogen and oxygen atoms in total. The average molecular weight is 296 g/mol. The van der Waals surface area contributed by atoms with E-state index in [0.29, 0.717) is 23.0 Å². The van der Waals surface area contributed by atoms with E-state index in [1.54, 1.807) is 0 Å². The first kappa shape index (κ1) is 17.3. The Hall–Kier alpha value is -0.0800. The maximum Gasteiger partial charge on any atom is 0.0613 e. The molecular formula is C19H37NO. The average Bonchev–Trinajstić information content (AvgIpc) is 2.04. The molecule has 1 aliphatic carbocycles. The van der Waals surface area contributed by atoms with Crippen LogP contribution in [-0.2, 0) is 4.74 Å². The summed E-state index contributed by atoms with van der Waals surface area (Å²) in [5, 5.41) is 3.75. The standard InChI is InChI=1S/C19H37NO/c1-16(2)9-14(10-17(3,4)13-16)21-15-11-18(5,6)20-19(7,8)12-15/h14-15,20H,9-13H2,1-8H3. The highest BCUT2D eigenvalue weighted by Crippen LogP contribution is 2.47. The first-order valence-electron chi connectivity index (χ1n) is 8.73. The molecule has 0 atom stereocenters. The zero-order valence-corrected chi connectivity index (χ0v) is 15.6. The van der Waals surface area contributed by atoms with Gasteiger partial charge < -0.3 is 10.1 Å². The van der Waals surface area contributed by atoms with Crippen LogP contribution in [-0.4, -0.2) is 23.3 Å². The van der Waals surface area contributed by atoms with E-state index >= 15 is 0 Å². The number of nitrogens with one attached hydrogen (secondary N) is 1. The maximum atomic E-state index is 6.63. The molecule has 1 heterocycles. The van der Waals surface area contributed by atoms with E-state index in [9.17, 15) is 0 Å². The lowest BCUT2D eigenvalue weighted by molar-refractivity contribution is -0.111. The van der Waals surface area contributed by atoms with Gasteiger partial charge in [-0.15, -0.1) is 0 Å². The van der Waals surface area contributed by atoms with E-state index in [0.717, 1.165) is 12.8 Å². The Labute approximate surface area is 132 Å². The first-order valence-corrected chi connectivity index (χ1v) is 8.73. The largest absolute Gasteiger partial charge is 0.375 e. The SMILES string of the molecule is CC1(C)CC(OC2CC(C)(C)NC(C)(C)C2)CC(C)(C)C1. The predicted octanol–water partition coefficient (Wildman–Crippen LogP) is 4.92. The molecule has 0 amide bonds. The fourth-order valence-electron chi connectivity index (χ4n) is 5.44. The molecule has 1 saturated heterocycles. The molecule has 2 fully saturated rings. The molecule has 0 radical (unpaired) electrons. The van der Waals surface area contributed by atoms with Crippen LogP contribution < -0.4 is 5.32 Å². The van der Waals surface area contributed by atoms with E-state index in [2.05, 4.69) is 60.7 Å². The third-order valence-electron chi connectivity index (χ3n) is 5.06. The summed E-state index contributed by atoms with van der Waals surface area (Å²) in [5.74, 6) is 0. The summed E-state index contributed by atoms with van der Waals surface area (Å²) in [4.78, 5) is 0. The molecule has 1 saturated carbocycles. The lowest BCUT2D eigenvalue weighted by Crippen LogP contribution is -2.60. The van der Waals surface area contributed by atoms with Crippen LogP contribution in [0.3, 0.4) is 0 Å². The van der Waals surface area contributed by atoms with E-state index in [4.69, 9.17) is 4.74 Å². The van der Waals surface area contributed by atoms with Gasteiger partial charge in [-0.2, -0.15) is 0 Å². The second-order valence-corrected chi connectivity index (χ2v) is 10.6. The topological polar surface area (TPSA) is 21.3 Å². The monoisotopic (exact) mass is 295 g/mol. The van der Waals surface area contributed by atoms with Crippen LogP contribution in [0.2, 0.25) is 0 Å². The van der Waals surface area contributed by atoms with Gasteiger partial charge in [0.05, 0.1) is 12.2 Å². The normalized spacial score (nSPS) is 32.0. The Bertz CT molecular complexity index is 313. The summed E-state index contributed by atoms with van der Waals surface area (Å²) in [7, 11) is 0. The van der Waals surface area contributed by atoms with Crippen molar-refractivity contribution >= 4 is 0 Å². The van der Waals surface area contributed by atoms with Crippen molar-refractivity contribution in [1.29, 1.82) is 0 Å². The summed E-state index contributed by atoms with van der Waals surface area (Å²) in [6.07, 6.45) is 6.79. The van der Waals surface area contributed by atoms with Crippen LogP contribution >= 0.6 is 0 Å². The van der Waals surface area contributed by atoms with Crippen molar-refractivity contribution in [2.24, 2.45) is 10.8 Å². The van der Waals surface area contributed by atoms with E-state index < -0.39 is 0 Å². The minimum Gasteiger partial charge on any atom is -0.375 e. The molecule has 2 rings (SSSR count). The lowest BCUT2D eigenvalue weighted by atomic mass is 9.64. The summed E-state index contributed by atoms with van der Waals surface area (Å²) >= 11 is 0. The van der Waals surface area contributed by atoms with Crippen LogP contribution in [0, 0.1) is 10.8 Å². The van der Waals surface area contributed by atoms with Crippen molar-refractivity contribution in [2.45, 2.75) is 111 Å². The molecule has 0 aromatic rings. The molecule has 0 spiro atoms. The highest BCUT2D eigenvalue weighted by Gasteiger charge is 2.43. The minimum absolute atomic E-state index is 0.173. The summed E-state index contributed by atoms with van der Waals surface area (Å²) in [6, 6.07) is 0. The molecular weight excluding hydrogens is 258 g/mol. The quantitative estimate of drug-likeness (QED) is 0.781. The number of hydrogen-bond donors (Lipinski definition) is 1.